The largest absolute Gasteiger partial charge is 0.492 e. The molecule has 0 unspecified atom stereocenters. The topological polar surface area (TPSA) is 65.4 Å². The van der Waals surface area contributed by atoms with Crippen LogP contribution in [0.2, 0.25) is 0 Å². The van der Waals surface area contributed by atoms with E-state index in [0.717, 1.165) is 45.9 Å². The van der Waals surface area contributed by atoms with Gasteiger partial charge in [-0.05, 0) is 67.3 Å². The van der Waals surface area contributed by atoms with E-state index in [0.29, 0.717) is 26.1 Å². The molecule has 0 aliphatic heterocycles. The summed E-state index contributed by atoms with van der Waals surface area (Å²) in [5.41, 5.74) is 5.42. The van der Waals surface area contributed by atoms with Crippen LogP contribution in [0.1, 0.15) is 29.4 Å². The first-order valence-corrected chi connectivity index (χ1v) is 12.2. The van der Waals surface area contributed by atoms with Crippen LogP contribution >= 0.6 is 0 Å². The molecule has 1 N–H and O–H groups in total. The fourth-order valence-corrected chi connectivity index (χ4v) is 4.01. The summed E-state index contributed by atoms with van der Waals surface area (Å²) in [5, 5.41) is 2.95. The summed E-state index contributed by atoms with van der Waals surface area (Å²) in [6.45, 7) is 7.81. The first kappa shape index (κ1) is 24.3. The van der Waals surface area contributed by atoms with Crippen LogP contribution in [0.15, 0.2) is 66.7 Å². The van der Waals surface area contributed by atoms with Crippen molar-refractivity contribution in [1.29, 1.82) is 0 Å². The van der Waals surface area contributed by atoms with E-state index < -0.39 is 0 Å². The van der Waals surface area contributed by atoms with Gasteiger partial charge in [-0.15, -0.1) is 0 Å². The van der Waals surface area contributed by atoms with Crippen molar-refractivity contribution in [1.82, 2.24) is 14.9 Å². The third-order valence-corrected chi connectivity index (χ3v) is 6.02. The minimum absolute atomic E-state index is 0.00856. The SMILES string of the molecule is CCc1ccc(OCCn2c(CCNC(=O)COc3cc(C)ccc3C)nc3ccccc32)cc1. The highest BCUT2D eigenvalue weighted by Crippen LogP contribution is 2.19. The maximum Gasteiger partial charge on any atom is 0.257 e. The summed E-state index contributed by atoms with van der Waals surface area (Å²) in [4.78, 5) is 17.1. The number of fused-ring (bicyclic) bond motifs is 1. The smallest absolute Gasteiger partial charge is 0.257 e. The maximum absolute atomic E-state index is 12.4. The first-order chi connectivity index (χ1) is 17.0. The Labute approximate surface area is 206 Å². The van der Waals surface area contributed by atoms with Gasteiger partial charge in [-0.25, -0.2) is 4.98 Å². The number of hydrogen-bond acceptors (Lipinski definition) is 4. The Morgan fingerprint density at radius 3 is 2.60 bits per heavy atom. The molecule has 0 bridgehead atoms. The van der Waals surface area contributed by atoms with Crippen molar-refractivity contribution < 1.29 is 14.3 Å². The van der Waals surface area contributed by atoms with E-state index >= 15 is 0 Å². The number of hydrogen-bond donors (Lipinski definition) is 1. The highest BCUT2D eigenvalue weighted by atomic mass is 16.5. The Morgan fingerprint density at radius 1 is 1.00 bits per heavy atom. The van der Waals surface area contributed by atoms with Crippen LogP contribution in [0.4, 0.5) is 0 Å². The summed E-state index contributed by atoms with van der Waals surface area (Å²) in [6, 6.07) is 22.3. The van der Waals surface area contributed by atoms with Gasteiger partial charge in [-0.3, -0.25) is 4.79 Å². The van der Waals surface area contributed by atoms with Crippen LogP contribution < -0.4 is 14.8 Å². The van der Waals surface area contributed by atoms with Crippen LogP contribution in [0, 0.1) is 13.8 Å². The number of nitrogens with one attached hydrogen (secondary N) is 1. The molecule has 0 saturated heterocycles. The number of aryl methyl sites for hydroxylation is 3. The molecule has 0 spiro atoms. The Bertz CT molecular complexity index is 1280. The summed E-state index contributed by atoms with van der Waals surface area (Å²) in [7, 11) is 0. The van der Waals surface area contributed by atoms with E-state index in [9.17, 15) is 4.79 Å². The van der Waals surface area contributed by atoms with Crippen molar-refractivity contribution in [3.8, 4) is 11.5 Å². The lowest BCUT2D eigenvalue weighted by atomic mass is 10.1. The number of ether oxygens (including phenoxy) is 2. The number of carbonyl (C=O) groups excluding carboxylic acids is 1. The van der Waals surface area contributed by atoms with E-state index in [1.165, 1.54) is 5.56 Å². The number of aromatic nitrogens is 2. The Hall–Kier alpha value is -3.80. The number of benzene rings is 3. The van der Waals surface area contributed by atoms with Gasteiger partial charge < -0.3 is 19.4 Å². The summed E-state index contributed by atoms with van der Waals surface area (Å²) in [5.74, 6) is 2.38. The Morgan fingerprint density at radius 2 is 1.80 bits per heavy atom. The number of rotatable bonds is 11. The number of para-hydroxylation sites is 2. The molecule has 6 nitrogen and oxygen atoms in total. The highest BCUT2D eigenvalue weighted by molar-refractivity contribution is 5.78. The highest BCUT2D eigenvalue weighted by Gasteiger charge is 2.12. The number of nitrogens with zero attached hydrogens (tertiary/aromatic N) is 2. The zero-order valence-corrected chi connectivity index (χ0v) is 20.7. The predicted molar refractivity (Wildman–Crippen MR) is 139 cm³/mol. The predicted octanol–water partition coefficient (Wildman–Crippen LogP) is 5.03. The number of amides is 1. The van der Waals surface area contributed by atoms with Gasteiger partial charge >= 0.3 is 0 Å². The zero-order valence-electron chi connectivity index (χ0n) is 20.7. The van der Waals surface area contributed by atoms with E-state index in [-0.39, 0.29) is 12.5 Å². The lowest BCUT2D eigenvalue weighted by molar-refractivity contribution is -0.123. The van der Waals surface area contributed by atoms with Crippen LogP contribution in [-0.4, -0.2) is 35.2 Å². The molecule has 0 atom stereocenters. The molecule has 4 rings (SSSR count). The summed E-state index contributed by atoms with van der Waals surface area (Å²) in [6.07, 6.45) is 1.63. The Kier molecular flexibility index (Phi) is 8.03. The second kappa shape index (κ2) is 11.6. The monoisotopic (exact) mass is 471 g/mol. The van der Waals surface area contributed by atoms with Crippen LogP contribution in [-0.2, 0) is 24.2 Å². The van der Waals surface area contributed by atoms with E-state index in [1.807, 2.05) is 62.4 Å². The average Bonchev–Trinajstić information content (AvgIpc) is 3.22. The first-order valence-electron chi connectivity index (χ1n) is 12.2. The molecule has 1 heterocycles. The van der Waals surface area contributed by atoms with E-state index in [1.54, 1.807) is 0 Å². The van der Waals surface area contributed by atoms with Crippen molar-refractivity contribution in [2.75, 3.05) is 19.8 Å². The molecule has 0 fully saturated rings. The minimum atomic E-state index is -0.146. The average molecular weight is 472 g/mol. The Balaban J connectivity index is 1.33. The van der Waals surface area contributed by atoms with E-state index in [2.05, 4.69) is 35.0 Å². The molecule has 4 aromatic rings. The van der Waals surface area contributed by atoms with Crippen molar-refractivity contribution >= 4 is 16.9 Å². The normalized spacial score (nSPS) is 10.9. The lowest BCUT2D eigenvalue weighted by Gasteiger charge is -2.12. The molecule has 182 valence electrons. The van der Waals surface area contributed by atoms with Crippen molar-refractivity contribution in [3.63, 3.8) is 0 Å². The third-order valence-electron chi connectivity index (χ3n) is 6.02. The summed E-state index contributed by atoms with van der Waals surface area (Å²) >= 11 is 0. The van der Waals surface area contributed by atoms with Gasteiger partial charge in [0, 0.05) is 13.0 Å². The van der Waals surface area contributed by atoms with Crippen molar-refractivity contribution in [3.05, 3.63) is 89.2 Å². The molecule has 35 heavy (non-hydrogen) atoms. The molecule has 3 aromatic carbocycles. The molecular formula is C29H33N3O3. The van der Waals surface area contributed by atoms with Gasteiger partial charge in [0.2, 0.25) is 0 Å². The minimum Gasteiger partial charge on any atom is -0.492 e. The van der Waals surface area contributed by atoms with Crippen LogP contribution in [0.5, 0.6) is 11.5 Å². The van der Waals surface area contributed by atoms with Crippen LogP contribution in [0.25, 0.3) is 11.0 Å². The number of carbonyl (C=O) groups is 1. The molecule has 0 saturated carbocycles. The molecule has 1 amide bonds. The second-order valence-electron chi connectivity index (χ2n) is 8.67. The molecule has 1 aromatic heterocycles. The van der Waals surface area contributed by atoms with Gasteiger partial charge in [0.15, 0.2) is 6.61 Å². The fourth-order valence-electron chi connectivity index (χ4n) is 4.01. The molecule has 6 heteroatoms. The van der Waals surface area contributed by atoms with Crippen LogP contribution in [0.3, 0.4) is 0 Å². The standard InChI is InChI=1S/C29H33N3O3/c1-4-23-11-13-24(14-12-23)34-18-17-32-26-8-6-5-7-25(26)31-28(32)15-16-30-29(33)20-35-27-19-21(2)9-10-22(27)3/h5-14,19H,4,15-18,20H2,1-3H3,(H,30,33). The quantitative estimate of drug-likeness (QED) is 0.333. The summed E-state index contributed by atoms with van der Waals surface area (Å²) < 4.78 is 13.9. The molecule has 0 aliphatic rings. The zero-order chi connectivity index (χ0) is 24.6. The lowest BCUT2D eigenvalue weighted by Crippen LogP contribution is -2.31. The fraction of sp³-hybridized carbons (Fsp3) is 0.310. The van der Waals surface area contributed by atoms with Gasteiger partial charge in [0.1, 0.15) is 23.9 Å². The third kappa shape index (κ3) is 6.41. The van der Waals surface area contributed by atoms with Gasteiger partial charge in [-0.1, -0.05) is 43.3 Å². The van der Waals surface area contributed by atoms with Crippen molar-refractivity contribution in [2.24, 2.45) is 0 Å². The van der Waals surface area contributed by atoms with Crippen molar-refractivity contribution in [2.45, 2.75) is 40.2 Å². The van der Waals surface area contributed by atoms with Gasteiger partial charge in [0.05, 0.1) is 17.6 Å². The number of imidazole rings is 1. The van der Waals surface area contributed by atoms with Gasteiger partial charge in [-0.2, -0.15) is 0 Å². The van der Waals surface area contributed by atoms with Gasteiger partial charge in [0.25, 0.3) is 5.91 Å². The second-order valence-corrected chi connectivity index (χ2v) is 8.67. The molecular weight excluding hydrogens is 438 g/mol. The van der Waals surface area contributed by atoms with E-state index in [4.69, 9.17) is 14.5 Å². The molecule has 0 radical (unpaired) electrons. The maximum atomic E-state index is 12.4. The molecule has 0 aliphatic carbocycles.